The monoisotopic (exact) mass is 220 g/mol. The quantitative estimate of drug-likeness (QED) is 0.760. The molecule has 0 aliphatic carbocycles. The third-order valence-electron chi connectivity index (χ3n) is 2.82. The van der Waals surface area contributed by atoms with Gasteiger partial charge < -0.3 is 10.2 Å². The van der Waals surface area contributed by atoms with Crippen LogP contribution in [0.15, 0.2) is 24.3 Å². The van der Waals surface area contributed by atoms with Crippen LogP contribution >= 0.6 is 0 Å². The van der Waals surface area contributed by atoms with Crippen LogP contribution in [0.5, 0.6) is 0 Å². The first-order valence-corrected chi connectivity index (χ1v) is 6.17. The molecule has 0 saturated heterocycles. The summed E-state index contributed by atoms with van der Waals surface area (Å²) < 4.78 is 0. The maximum absolute atomic E-state index is 3.22. The van der Waals surface area contributed by atoms with Crippen molar-refractivity contribution in [3.05, 3.63) is 35.4 Å². The van der Waals surface area contributed by atoms with E-state index in [9.17, 15) is 0 Å². The van der Waals surface area contributed by atoms with Crippen molar-refractivity contribution in [2.45, 2.75) is 32.9 Å². The Balaban J connectivity index is 2.57. The molecule has 2 heteroatoms. The molecule has 16 heavy (non-hydrogen) atoms. The summed E-state index contributed by atoms with van der Waals surface area (Å²) in [6.45, 7) is 5.43. The van der Waals surface area contributed by atoms with E-state index in [2.05, 4.69) is 48.5 Å². The first kappa shape index (κ1) is 13.2. The third kappa shape index (κ3) is 4.33. The van der Waals surface area contributed by atoms with Gasteiger partial charge in [-0.1, -0.05) is 37.6 Å². The molecule has 0 bridgehead atoms. The van der Waals surface area contributed by atoms with Gasteiger partial charge in [-0.2, -0.15) is 0 Å². The Kier molecular flexibility index (Phi) is 6.12. The molecule has 90 valence electrons. The fraction of sp³-hybridized carbons (Fsp3) is 0.571. The fourth-order valence-corrected chi connectivity index (χ4v) is 1.87. The molecule has 1 N–H and O–H groups in total. The van der Waals surface area contributed by atoms with Crippen molar-refractivity contribution < 1.29 is 0 Å². The molecule has 0 saturated carbocycles. The fourth-order valence-electron chi connectivity index (χ4n) is 1.87. The minimum atomic E-state index is 0.956. The molecule has 0 radical (unpaired) electrons. The smallest absolute Gasteiger partial charge is 0.0233 e. The number of hydrogen-bond donors (Lipinski definition) is 1. The Labute approximate surface area is 99.7 Å². The van der Waals surface area contributed by atoms with E-state index in [1.807, 2.05) is 7.05 Å². The lowest BCUT2D eigenvalue weighted by Gasteiger charge is -2.18. The second kappa shape index (κ2) is 7.42. The summed E-state index contributed by atoms with van der Waals surface area (Å²) in [6.07, 6.45) is 2.55. The van der Waals surface area contributed by atoms with Crippen LogP contribution < -0.4 is 5.32 Å². The van der Waals surface area contributed by atoms with Crippen molar-refractivity contribution >= 4 is 0 Å². The highest BCUT2D eigenvalue weighted by Crippen LogP contribution is 2.11. The number of hydrogen-bond acceptors (Lipinski definition) is 2. The summed E-state index contributed by atoms with van der Waals surface area (Å²) in [4.78, 5) is 2.40. The van der Waals surface area contributed by atoms with E-state index in [4.69, 9.17) is 0 Å². The van der Waals surface area contributed by atoms with Crippen LogP contribution in [0.2, 0.25) is 0 Å². The highest BCUT2D eigenvalue weighted by molar-refractivity contribution is 5.26. The SMILES string of the molecule is CCCCN(C)Cc1ccccc1CNC. The van der Waals surface area contributed by atoms with Crippen LogP contribution in [-0.4, -0.2) is 25.5 Å². The van der Waals surface area contributed by atoms with Crippen LogP contribution in [0.4, 0.5) is 0 Å². The Bertz CT molecular complexity index is 297. The van der Waals surface area contributed by atoms with E-state index < -0.39 is 0 Å². The molecule has 0 spiro atoms. The molecular formula is C14H24N2. The third-order valence-corrected chi connectivity index (χ3v) is 2.82. The van der Waals surface area contributed by atoms with E-state index in [0.29, 0.717) is 0 Å². The Morgan fingerprint density at radius 1 is 1.19 bits per heavy atom. The molecule has 1 aromatic rings. The van der Waals surface area contributed by atoms with Gasteiger partial charge in [-0.25, -0.2) is 0 Å². The van der Waals surface area contributed by atoms with Gasteiger partial charge in [-0.05, 0) is 38.2 Å². The highest BCUT2D eigenvalue weighted by Gasteiger charge is 2.04. The van der Waals surface area contributed by atoms with Gasteiger partial charge in [0.2, 0.25) is 0 Å². The highest BCUT2D eigenvalue weighted by atomic mass is 15.1. The Morgan fingerprint density at radius 3 is 2.50 bits per heavy atom. The van der Waals surface area contributed by atoms with Crippen molar-refractivity contribution in [2.75, 3.05) is 20.6 Å². The second-order valence-corrected chi connectivity index (χ2v) is 4.39. The van der Waals surface area contributed by atoms with Gasteiger partial charge in [0.15, 0.2) is 0 Å². The predicted molar refractivity (Wildman–Crippen MR) is 70.4 cm³/mol. The minimum absolute atomic E-state index is 0.956. The van der Waals surface area contributed by atoms with E-state index in [1.165, 1.54) is 30.5 Å². The molecular weight excluding hydrogens is 196 g/mol. The maximum atomic E-state index is 3.22. The second-order valence-electron chi connectivity index (χ2n) is 4.39. The van der Waals surface area contributed by atoms with Gasteiger partial charge in [0.1, 0.15) is 0 Å². The zero-order valence-corrected chi connectivity index (χ0v) is 10.8. The van der Waals surface area contributed by atoms with Gasteiger partial charge in [0.05, 0.1) is 0 Å². The molecule has 0 heterocycles. The number of rotatable bonds is 7. The first-order chi connectivity index (χ1) is 7.77. The van der Waals surface area contributed by atoms with Crippen LogP contribution in [0.1, 0.15) is 30.9 Å². The summed E-state index contributed by atoms with van der Waals surface area (Å²) in [5, 5.41) is 3.22. The number of nitrogens with zero attached hydrogens (tertiary/aromatic N) is 1. The van der Waals surface area contributed by atoms with E-state index in [1.54, 1.807) is 0 Å². The number of unbranched alkanes of at least 4 members (excludes halogenated alkanes) is 1. The maximum Gasteiger partial charge on any atom is 0.0233 e. The summed E-state index contributed by atoms with van der Waals surface area (Å²) in [5.41, 5.74) is 2.85. The summed E-state index contributed by atoms with van der Waals surface area (Å²) in [6, 6.07) is 8.68. The molecule has 0 unspecified atom stereocenters. The van der Waals surface area contributed by atoms with Crippen LogP contribution in [0.3, 0.4) is 0 Å². The van der Waals surface area contributed by atoms with Gasteiger partial charge >= 0.3 is 0 Å². The van der Waals surface area contributed by atoms with E-state index in [0.717, 1.165) is 13.1 Å². The molecule has 1 rings (SSSR count). The molecule has 0 aromatic heterocycles. The molecule has 0 aliphatic rings. The normalized spacial score (nSPS) is 11.0. The Morgan fingerprint density at radius 2 is 1.88 bits per heavy atom. The van der Waals surface area contributed by atoms with Crippen molar-refractivity contribution in [3.63, 3.8) is 0 Å². The molecule has 2 nitrogen and oxygen atoms in total. The van der Waals surface area contributed by atoms with E-state index in [-0.39, 0.29) is 0 Å². The van der Waals surface area contributed by atoms with Crippen molar-refractivity contribution in [3.8, 4) is 0 Å². The topological polar surface area (TPSA) is 15.3 Å². The van der Waals surface area contributed by atoms with Gasteiger partial charge in [0, 0.05) is 13.1 Å². The summed E-state index contributed by atoms with van der Waals surface area (Å²) in [7, 11) is 4.20. The lowest BCUT2D eigenvalue weighted by atomic mass is 10.1. The standard InChI is InChI=1S/C14H24N2/c1-4-5-10-16(3)12-14-9-7-6-8-13(14)11-15-2/h6-9,15H,4-5,10-12H2,1-3H3. The lowest BCUT2D eigenvalue weighted by Crippen LogP contribution is -2.20. The number of benzene rings is 1. The van der Waals surface area contributed by atoms with Crippen LogP contribution in [0, 0.1) is 0 Å². The molecule has 0 amide bonds. The minimum Gasteiger partial charge on any atom is -0.316 e. The van der Waals surface area contributed by atoms with Crippen LogP contribution in [-0.2, 0) is 13.1 Å². The average molecular weight is 220 g/mol. The van der Waals surface area contributed by atoms with Crippen molar-refractivity contribution in [1.29, 1.82) is 0 Å². The zero-order chi connectivity index (χ0) is 11.8. The van der Waals surface area contributed by atoms with Gasteiger partial charge in [-0.3, -0.25) is 0 Å². The first-order valence-electron chi connectivity index (χ1n) is 6.17. The lowest BCUT2D eigenvalue weighted by molar-refractivity contribution is 0.319. The largest absolute Gasteiger partial charge is 0.316 e. The van der Waals surface area contributed by atoms with Crippen LogP contribution in [0.25, 0.3) is 0 Å². The van der Waals surface area contributed by atoms with E-state index >= 15 is 0 Å². The molecule has 0 aliphatic heterocycles. The van der Waals surface area contributed by atoms with Crippen molar-refractivity contribution in [1.82, 2.24) is 10.2 Å². The molecule has 0 fully saturated rings. The zero-order valence-electron chi connectivity index (χ0n) is 10.8. The molecule has 0 atom stereocenters. The summed E-state index contributed by atoms with van der Waals surface area (Å²) >= 11 is 0. The number of nitrogens with one attached hydrogen (secondary N) is 1. The Hall–Kier alpha value is -0.860. The van der Waals surface area contributed by atoms with Crippen molar-refractivity contribution in [2.24, 2.45) is 0 Å². The molecule has 1 aromatic carbocycles. The van der Waals surface area contributed by atoms with Gasteiger partial charge in [0.25, 0.3) is 0 Å². The van der Waals surface area contributed by atoms with Gasteiger partial charge in [-0.15, -0.1) is 0 Å². The predicted octanol–water partition coefficient (Wildman–Crippen LogP) is 2.64. The summed E-state index contributed by atoms with van der Waals surface area (Å²) in [5.74, 6) is 0. The average Bonchev–Trinajstić information content (AvgIpc) is 2.29.